The number of hydrogen-bond donors (Lipinski definition) is 0. The maximum absolute atomic E-state index is 12.6. The SMILES string of the molecule is COCCOC(=O)N1CCC(N2CCC(N3C(=O)Cc4ccccc43)CC2)CC1. The molecule has 158 valence electrons. The molecule has 0 N–H and O–H groups in total. The van der Waals surface area contributed by atoms with Crippen molar-refractivity contribution < 1.29 is 19.1 Å². The Kier molecular flexibility index (Phi) is 6.35. The number of amides is 2. The van der Waals surface area contributed by atoms with Gasteiger partial charge in [-0.05, 0) is 37.3 Å². The third-order valence-corrected chi connectivity index (χ3v) is 6.48. The summed E-state index contributed by atoms with van der Waals surface area (Å²) < 4.78 is 10.1. The number of fused-ring (bicyclic) bond motifs is 1. The molecule has 7 nitrogen and oxygen atoms in total. The molecule has 0 spiro atoms. The molecule has 3 aliphatic heterocycles. The molecule has 2 amide bonds. The average molecular weight is 402 g/mol. The Bertz CT molecular complexity index is 725. The van der Waals surface area contributed by atoms with Gasteiger partial charge in [-0.15, -0.1) is 0 Å². The average Bonchev–Trinajstić information content (AvgIpc) is 3.10. The molecule has 2 fully saturated rings. The Labute approximate surface area is 172 Å². The van der Waals surface area contributed by atoms with Crippen LogP contribution in [0, 0.1) is 0 Å². The third kappa shape index (κ3) is 4.41. The first-order valence-corrected chi connectivity index (χ1v) is 10.7. The minimum Gasteiger partial charge on any atom is -0.447 e. The van der Waals surface area contributed by atoms with E-state index >= 15 is 0 Å². The Hall–Kier alpha value is -2.12. The van der Waals surface area contributed by atoms with Gasteiger partial charge in [-0.1, -0.05) is 18.2 Å². The molecule has 0 aliphatic carbocycles. The number of benzene rings is 1. The lowest BCUT2D eigenvalue weighted by molar-refractivity contribution is -0.118. The van der Waals surface area contributed by atoms with E-state index in [1.54, 1.807) is 12.0 Å². The molecule has 29 heavy (non-hydrogen) atoms. The van der Waals surface area contributed by atoms with E-state index in [1.165, 1.54) is 0 Å². The fourth-order valence-corrected chi connectivity index (χ4v) is 4.90. The minimum atomic E-state index is -0.231. The van der Waals surface area contributed by atoms with E-state index in [0.29, 0.717) is 31.7 Å². The van der Waals surface area contributed by atoms with Gasteiger partial charge in [-0.3, -0.25) is 4.79 Å². The molecule has 0 unspecified atom stereocenters. The maximum atomic E-state index is 12.6. The lowest BCUT2D eigenvalue weighted by Crippen LogP contribution is -2.52. The van der Waals surface area contributed by atoms with E-state index in [9.17, 15) is 9.59 Å². The number of ether oxygens (including phenoxy) is 2. The number of likely N-dealkylation sites (tertiary alicyclic amines) is 2. The number of anilines is 1. The van der Waals surface area contributed by atoms with Gasteiger partial charge in [0.2, 0.25) is 5.91 Å². The molecule has 0 bridgehead atoms. The highest BCUT2D eigenvalue weighted by Gasteiger charge is 2.36. The number of para-hydroxylation sites is 1. The highest BCUT2D eigenvalue weighted by molar-refractivity contribution is 6.01. The zero-order valence-electron chi connectivity index (χ0n) is 17.2. The van der Waals surface area contributed by atoms with Gasteiger partial charge < -0.3 is 24.2 Å². The van der Waals surface area contributed by atoms with Gasteiger partial charge in [-0.2, -0.15) is 0 Å². The van der Waals surface area contributed by atoms with Crippen molar-refractivity contribution in [3.05, 3.63) is 29.8 Å². The molecule has 0 radical (unpaired) electrons. The van der Waals surface area contributed by atoms with Crippen LogP contribution in [0.3, 0.4) is 0 Å². The lowest BCUT2D eigenvalue weighted by atomic mass is 9.97. The second-order valence-electron chi connectivity index (χ2n) is 8.16. The van der Waals surface area contributed by atoms with E-state index < -0.39 is 0 Å². The largest absolute Gasteiger partial charge is 0.447 e. The van der Waals surface area contributed by atoms with Gasteiger partial charge in [0.25, 0.3) is 0 Å². The van der Waals surface area contributed by atoms with Crippen molar-refractivity contribution in [2.24, 2.45) is 0 Å². The highest BCUT2D eigenvalue weighted by Crippen LogP contribution is 2.34. The number of piperidine rings is 2. The van der Waals surface area contributed by atoms with Crippen molar-refractivity contribution >= 4 is 17.7 Å². The summed E-state index contributed by atoms with van der Waals surface area (Å²) in [6.07, 6.45) is 4.30. The number of carbonyl (C=O) groups is 2. The van der Waals surface area contributed by atoms with Gasteiger partial charge >= 0.3 is 6.09 Å². The predicted octanol–water partition coefficient (Wildman–Crippen LogP) is 2.29. The Morgan fingerprint density at radius 3 is 2.41 bits per heavy atom. The van der Waals surface area contributed by atoms with Crippen LogP contribution in [0.25, 0.3) is 0 Å². The van der Waals surface area contributed by atoms with E-state index in [4.69, 9.17) is 9.47 Å². The van der Waals surface area contributed by atoms with Crippen LogP contribution in [0.1, 0.15) is 31.2 Å². The molecule has 1 aromatic rings. The van der Waals surface area contributed by atoms with Crippen LogP contribution in [-0.2, 0) is 20.7 Å². The Morgan fingerprint density at radius 1 is 1.00 bits per heavy atom. The monoisotopic (exact) mass is 401 g/mol. The fourth-order valence-electron chi connectivity index (χ4n) is 4.90. The molecule has 3 heterocycles. The van der Waals surface area contributed by atoms with E-state index in [1.807, 2.05) is 17.0 Å². The number of methoxy groups -OCH3 is 1. The van der Waals surface area contributed by atoms with E-state index in [0.717, 1.165) is 63.1 Å². The van der Waals surface area contributed by atoms with E-state index in [-0.39, 0.29) is 12.0 Å². The number of carbonyl (C=O) groups excluding carboxylic acids is 2. The van der Waals surface area contributed by atoms with Crippen LogP contribution in [0.15, 0.2) is 24.3 Å². The molecule has 4 rings (SSSR count). The summed E-state index contributed by atoms with van der Waals surface area (Å²) in [6, 6.07) is 8.99. The summed E-state index contributed by atoms with van der Waals surface area (Å²) in [4.78, 5) is 31.0. The van der Waals surface area contributed by atoms with Crippen LogP contribution in [0.4, 0.5) is 10.5 Å². The molecule has 2 saturated heterocycles. The molecule has 0 atom stereocenters. The van der Waals surface area contributed by atoms with Gasteiger partial charge in [-0.25, -0.2) is 4.79 Å². The molecule has 1 aromatic carbocycles. The zero-order chi connectivity index (χ0) is 20.2. The minimum absolute atomic E-state index is 0.231. The van der Waals surface area contributed by atoms with Crippen LogP contribution in [0.5, 0.6) is 0 Å². The Balaban J connectivity index is 1.25. The summed E-state index contributed by atoms with van der Waals surface area (Å²) in [7, 11) is 1.60. The maximum Gasteiger partial charge on any atom is 0.409 e. The zero-order valence-corrected chi connectivity index (χ0v) is 17.2. The van der Waals surface area contributed by atoms with Gasteiger partial charge in [0.15, 0.2) is 0 Å². The fraction of sp³-hybridized carbons (Fsp3) is 0.636. The predicted molar refractivity (Wildman–Crippen MR) is 110 cm³/mol. The molecule has 0 saturated carbocycles. The smallest absolute Gasteiger partial charge is 0.409 e. The summed E-state index contributed by atoms with van der Waals surface area (Å²) in [5, 5.41) is 0. The summed E-state index contributed by atoms with van der Waals surface area (Å²) in [5.74, 6) is 0.241. The normalized spacial score (nSPS) is 21.5. The Morgan fingerprint density at radius 2 is 1.69 bits per heavy atom. The van der Waals surface area contributed by atoms with Crippen molar-refractivity contribution in [2.45, 2.75) is 44.2 Å². The first kappa shape index (κ1) is 20.2. The van der Waals surface area contributed by atoms with Crippen LogP contribution in [0.2, 0.25) is 0 Å². The second-order valence-corrected chi connectivity index (χ2v) is 8.16. The number of hydrogen-bond acceptors (Lipinski definition) is 5. The van der Waals surface area contributed by atoms with Crippen LogP contribution < -0.4 is 4.90 Å². The molecule has 7 heteroatoms. The van der Waals surface area contributed by atoms with Gasteiger partial charge in [0.05, 0.1) is 13.0 Å². The number of rotatable bonds is 5. The van der Waals surface area contributed by atoms with Crippen molar-refractivity contribution in [3.8, 4) is 0 Å². The highest BCUT2D eigenvalue weighted by atomic mass is 16.6. The topological polar surface area (TPSA) is 62.3 Å². The van der Waals surface area contributed by atoms with Crippen LogP contribution in [-0.4, -0.2) is 80.4 Å². The van der Waals surface area contributed by atoms with Crippen molar-refractivity contribution in [1.82, 2.24) is 9.80 Å². The summed E-state index contributed by atoms with van der Waals surface area (Å²) in [5.41, 5.74) is 2.26. The standard InChI is InChI=1S/C22H31N3O4/c1-28-14-15-29-22(27)24-12-6-18(7-13-24)23-10-8-19(9-11-23)25-20-5-3-2-4-17(20)16-21(25)26/h2-5,18-19H,6-16H2,1H3. The first-order chi connectivity index (χ1) is 14.2. The molecular formula is C22H31N3O4. The molecule has 0 aromatic heterocycles. The first-order valence-electron chi connectivity index (χ1n) is 10.7. The molecule has 3 aliphatic rings. The third-order valence-electron chi connectivity index (χ3n) is 6.48. The van der Waals surface area contributed by atoms with E-state index in [2.05, 4.69) is 17.0 Å². The van der Waals surface area contributed by atoms with Gasteiger partial charge in [0.1, 0.15) is 6.61 Å². The number of nitrogens with zero attached hydrogens (tertiary/aromatic N) is 3. The van der Waals surface area contributed by atoms with Crippen molar-refractivity contribution in [3.63, 3.8) is 0 Å². The second kappa shape index (κ2) is 9.13. The quantitative estimate of drug-likeness (QED) is 0.709. The van der Waals surface area contributed by atoms with Crippen LogP contribution >= 0.6 is 0 Å². The lowest BCUT2D eigenvalue weighted by Gasteiger charge is -2.43. The van der Waals surface area contributed by atoms with Gasteiger partial charge in [0, 0.05) is 51.1 Å². The van der Waals surface area contributed by atoms with Crippen molar-refractivity contribution in [1.29, 1.82) is 0 Å². The molecular weight excluding hydrogens is 370 g/mol. The summed E-state index contributed by atoms with van der Waals surface area (Å²) >= 11 is 0. The van der Waals surface area contributed by atoms with Crippen molar-refractivity contribution in [2.75, 3.05) is 51.4 Å². The summed E-state index contributed by atoms with van der Waals surface area (Å²) in [6.45, 7) is 4.25.